The zero-order valence-corrected chi connectivity index (χ0v) is 13.1. The Bertz CT molecular complexity index is 735. The van der Waals surface area contributed by atoms with Crippen molar-refractivity contribution in [2.24, 2.45) is 0 Å². The van der Waals surface area contributed by atoms with Gasteiger partial charge in [0.25, 0.3) is 0 Å². The molecule has 0 bridgehead atoms. The maximum Gasteiger partial charge on any atom is 0.122 e. The van der Waals surface area contributed by atoms with Gasteiger partial charge in [-0.15, -0.1) is 11.3 Å². The van der Waals surface area contributed by atoms with Crippen molar-refractivity contribution in [1.29, 1.82) is 0 Å². The number of ether oxygens (including phenoxy) is 1. The standard InChI is InChI=1S/C18H19NOS/c1-13(11-14-5-3-4-6-17(14)20-2)19-16-7-8-18-15(12-16)9-10-21-18/h3-10,12-13,19H,11H2,1-2H3. The Hall–Kier alpha value is -2.00. The molecule has 3 aromatic rings. The molecule has 2 aromatic carbocycles. The lowest BCUT2D eigenvalue weighted by molar-refractivity contribution is 0.409. The van der Waals surface area contributed by atoms with Crippen LogP contribution in [-0.2, 0) is 6.42 Å². The second-order valence-corrected chi connectivity index (χ2v) is 6.18. The average molecular weight is 297 g/mol. The third-order valence-corrected chi connectivity index (χ3v) is 4.48. The van der Waals surface area contributed by atoms with Gasteiger partial charge in [0.15, 0.2) is 0 Å². The molecule has 108 valence electrons. The summed E-state index contributed by atoms with van der Waals surface area (Å²) in [6, 6.07) is 17.2. The Balaban J connectivity index is 1.72. The Morgan fingerprint density at radius 3 is 2.86 bits per heavy atom. The highest BCUT2D eigenvalue weighted by atomic mass is 32.1. The van der Waals surface area contributed by atoms with Crippen LogP contribution in [0.25, 0.3) is 10.1 Å². The molecular weight excluding hydrogens is 278 g/mol. The quantitative estimate of drug-likeness (QED) is 0.719. The fourth-order valence-electron chi connectivity index (χ4n) is 2.59. The lowest BCUT2D eigenvalue weighted by atomic mass is 10.1. The minimum Gasteiger partial charge on any atom is -0.496 e. The SMILES string of the molecule is COc1ccccc1CC(C)Nc1ccc2sccc2c1. The summed E-state index contributed by atoms with van der Waals surface area (Å²) in [6.45, 7) is 2.20. The lowest BCUT2D eigenvalue weighted by Crippen LogP contribution is -2.18. The summed E-state index contributed by atoms with van der Waals surface area (Å²) in [5.41, 5.74) is 2.40. The number of anilines is 1. The fraction of sp³-hybridized carbons (Fsp3) is 0.222. The maximum absolute atomic E-state index is 5.42. The van der Waals surface area contributed by atoms with Crippen LogP contribution in [0.3, 0.4) is 0 Å². The predicted octanol–water partition coefficient (Wildman–Crippen LogP) is 4.95. The largest absolute Gasteiger partial charge is 0.496 e. The van der Waals surface area contributed by atoms with E-state index in [2.05, 4.69) is 54.0 Å². The van der Waals surface area contributed by atoms with Crippen LogP contribution in [0.5, 0.6) is 5.75 Å². The van der Waals surface area contributed by atoms with E-state index >= 15 is 0 Å². The van der Waals surface area contributed by atoms with E-state index in [1.165, 1.54) is 21.3 Å². The first-order chi connectivity index (χ1) is 10.3. The topological polar surface area (TPSA) is 21.3 Å². The number of fused-ring (bicyclic) bond motifs is 1. The molecule has 0 spiro atoms. The molecular formula is C18H19NOS. The Morgan fingerprint density at radius 2 is 2.00 bits per heavy atom. The second kappa shape index (κ2) is 6.19. The predicted molar refractivity (Wildman–Crippen MR) is 91.6 cm³/mol. The van der Waals surface area contributed by atoms with Crippen molar-refractivity contribution >= 4 is 27.1 Å². The molecule has 0 aliphatic heterocycles. The average Bonchev–Trinajstić information content (AvgIpc) is 2.95. The molecule has 0 saturated carbocycles. The zero-order chi connectivity index (χ0) is 14.7. The van der Waals surface area contributed by atoms with Crippen LogP contribution in [0.15, 0.2) is 53.9 Å². The molecule has 1 unspecified atom stereocenters. The molecule has 0 amide bonds. The van der Waals surface area contributed by atoms with Gasteiger partial charge in [-0.2, -0.15) is 0 Å². The van der Waals surface area contributed by atoms with Crippen molar-refractivity contribution in [3.05, 3.63) is 59.5 Å². The number of nitrogens with one attached hydrogen (secondary N) is 1. The smallest absolute Gasteiger partial charge is 0.122 e. The van der Waals surface area contributed by atoms with E-state index < -0.39 is 0 Å². The maximum atomic E-state index is 5.42. The van der Waals surface area contributed by atoms with Gasteiger partial charge in [-0.05, 0) is 60.0 Å². The van der Waals surface area contributed by atoms with Gasteiger partial charge in [-0.25, -0.2) is 0 Å². The van der Waals surface area contributed by atoms with Gasteiger partial charge in [-0.1, -0.05) is 18.2 Å². The van der Waals surface area contributed by atoms with Gasteiger partial charge >= 0.3 is 0 Å². The van der Waals surface area contributed by atoms with Crippen molar-refractivity contribution in [2.45, 2.75) is 19.4 Å². The molecule has 21 heavy (non-hydrogen) atoms. The number of methoxy groups -OCH3 is 1. The van der Waals surface area contributed by atoms with E-state index in [9.17, 15) is 0 Å². The van der Waals surface area contributed by atoms with Crippen molar-refractivity contribution in [3.8, 4) is 5.75 Å². The summed E-state index contributed by atoms with van der Waals surface area (Å²) in [5.74, 6) is 0.958. The molecule has 1 aromatic heterocycles. The van der Waals surface area contributed by atoms with Crippen molar-refractivity contribution < 1.29 is 4.74 Å². The highest BCUT2D eigenvalue weighted by molar-refractivity contribution is 7.17. The van der Waals surface area contributed by atoms with Crippen LogP contribution in [-0.4, -0.2) is 13.2 Å². The highest BCUT2D eigenvalue weighted by Gasteiger charge is 2.08. The normalized spacial score (nSPS) is 12.3. The lowest BCUT2D eigenvalue weighted by Gasteiger charge is -2.17. The zero-order valence-electron chi connectivity index (χ0n) is 12.3. The van der Waals surface area contributed by atoms with Gasteiger partial charge in [0.2, 0.25) is 0 Å². The minimum absolute atomic E-state index is 0.345. The van der Waals surface area contributed by atoms with E-state index in [-0.39, 0.29) is 0 Å². The second-order valence-electron chi connectivity index (χ2n) is 5.23. The van der Waals surface area contributed by atoms with Crippen molar-refractivity contribution in [2.75, 3.05) is 12.4 Å². The molecule has 1 heterocycles. The van der Waals surface area contributed by atoms with Crippen LogP contribution < -0.4 is 10.1 Å². The molecule has 0 radical (unpaired) electrons. The van der Waals surface area contributed by atoms with Crippen molar-refractivity contribution in [1.82, 2.24) is 0 Å². The van der Waals surface area contributed by atoms with Crippen LogP contribution in [0.1, 0.15) is 12.5 Å². The Morgan fingerprint density at radius 1 is 1.14 bits per heavy atom. The summed E-state index contributed by atoms with van der Waals surface area (Å²) in [6.07, 6.45) is 0.936. The number of para-hydroxylation sites is 1. The minimum atomic E-state index is 0.345. The van der Waals surface area contributed by atoms with Crippen LogP contribution in [0.4, 0.5) is 5.69 Å². The molecule has 3 heteroatoms. The van der Waals surface area contributed by atoms with E-state index in [0.717, 1.165) is 12.2 Å². The molecule has 3 rings (SSSR count). The Labute approximate surface area is 129 Å². The fourth-order valence-corrected chi connectivity index (χ4v) is 3.36. The highest BCUT2D eigenvalue weighted by Crippen LogP contribution is 2.25. The number of hydrogen-bond acceptors (Lipinski definition) is 3. The summed E-state index contributed by atoms with van der Waals surface area (Å²) in [4.78, 5) is 0. The van der Waals surface area contributed by atoms with E-state index in [1.54, 1.807) is 18.4 Å². The third-order valence-electron chi connectivity index (χ3n) is 3.58. The number of thiophene rings is 1. The first-order valence-corrected chi connectivity index (χ1v) is 8.00. The van der Waals surface area contributed by atoms with Crippen molar-refractivity contribution in [3.63, 3.8) is 0 Å². The molecule has 1 atom stereocenters. The monoisotopic (exact) mass is 297 g/mol. The van der Waals surface area contributed by atoms with Gasteiger partial charge in [0.1, 0.15) is 5.75 Å². The van der Waals surface area contributed by atoms with Gasteiger partial charge in [0.05, 0.1) is 7.11 Å². The third kappa shape index (κ3) is 3.19. The van der Waals surface area contributed by atoms with Gasteiger partial charge < -0.3 is 10.1 Å². The molecule has 1 N–H and O–H groups in total. The molecule has 0 saturated heterocycles. The number of hydrogen-bond donors (Lipinski definition) is 1. The van der Waals surface area contributed by atoms with E-state index in [1.807, 2.05) is 12.1 Å². The van der Waals surface area contributed by atoms with Crippen LogP contribution in [0.2, 0.25) is 0 Å². The van der Waals surface area contributed by atoms with Gasteiger partial charge in [0, 0.05) is 16.4 Å². The molecule has 2 nitrogen and oxygen atoms in total. The molecule has 0 fully saturated rings. The Kier molecular flexibility index (Phi) is 4.11. The summed E-state index contributed by atoms with van der Waals surface area (Å²) >= 11 is 1.78. The molecule has 0 aliphatic carbocycles. The summed E-state index contributed by atoms with van der Waals surface area (Å²) in [5, 5.41) is 7.00. The number of benzene rings is 2. The summed E-state index contributed by atoms with van der Waals surface area (Å²) < 4.78 is 6.75. The van der Waals surface area contributed by atoms with E-state index in [0.29, 0.717) is 6.04 Å². The van der Waals surface area contributed by atoms with Crippen LogP contribution >= 0.6 is 11.3 Å². The first kappa shape index (κ1) is 14.0. The van der Waals surface area contributed by atoms with E-state index in [4.69, 9.17) is 4.74 Å². The first-order valence-electron chi connectivity index (χ1n) is 7.12. The van der Waals surface area contributed by atoms with Crippen LogP contribution in [0, 0.1) is 0 Å². The number of rotatable bonds is 5. The van der Waals surface area contributed by atoms with Gasteiger partial charge in [-0.3, -0.25) is 0 Å². The summed E-state index contributed by atoms with van der Waals surface area (Å²) in [7, 11) is 1.72. The molecule has 0 aliphatic rings.